The third-order valence-electron chi connectivity index (χ3n) is 2.27. The Morgan fingerprint density at radius 3 is 2.43 bits per heavy atom. The SMILES string of the molecule is CNC(c1cc(OC)cs1)C(C)(C)C. The topological polar surface area (TPSA) is 21.3 Å². The minimum Gasteiger partial charge on any atom is -0.496 e. The first-order valence-corrected chi connectivity index (χ1v) is 5.66. The molecule has 0 saturated carbocycles. The van der Waals surface area contributed by atoms with E-state index >= 15 is 0 Å². The van der Waals surface area contributed by atoms with Gasteiger partial charge < -0.3 is 10.1 Å². The maximum atomic E-state index is 5.18. The second-order valence-corrected chi connectivity index (χ2v) is 5.42. The molecule has 0 bridgehead atoms. The lowest BCUT2D eigenvalue weighted by molar-refractivity contribution is 0.290. The molecule has 1 aromatic heterocycles. The smallest absolute Gasteiger partial charge is 0.129 e. The van der Waals surface area contributed by atoms with E-state index in [-0.39, 0.29) is 5.41 Å². The highest BCUT2D eigenvalue weighted by molar-refractivity contribution is 7.10. The average molecular weight is 213 g/mol. The lowest BCUT2D eigenvalue weighted by Gasteiger charge is -2.29. The van der Waals surface area contributed by atoms with Crippen molar-refractivity contribution in [2.75, 3.05) is 14.2 Å². The summed E-state index contributed by atoms with van der Waals surface area (Å²) in [6.07, 6.45) is 0. The van der Waals surface area contributed by atoms with Gasteiger partial charge in [0.05, 0.1) is 7.11 Å². The van der Waals surface area contributed by atoms with Crippen molar-refractivity contribution in [2.24, 2.45) is 5.41 Å². The van der Waals surface area contributed by atoms with E-state index in [1.807, 2.05) is 12.4 Å². The number of methoxy groups -OCH3 is 1. The second-order valence-electron chi connectivity index (χ2n) is 4.48. The van der Waals surface area contributed by atoms with Crippen LogP contribution in [0.4, 0.5) is 0 Å². The van der Waals surface area contributed by atoms with Crippen molar-refractivity contribution in [2.45, 2.75) is 26.8 Å². The molecule has 80 valence electrons. The highest BCUT2D eigenvalue weighted by atomic mass is 32.1. The molecule has 0 saturated heterocycles. The summed E-state index contributed by atoms with van der Waals surface area (Å²) in [6, 6.07) is 2.49. The van der Waals surface area contributed by atoms with Gasteiger partial charge in [0, 0.05) is 16.3 Å². The zero-order chi connectivity index (χ0) is 10.8. The lowest BCUT2D eigenvalue weighted by Crippen LogP contribution is -2.28. The van der Waals surface area contributed by atoms with Gasteiger partial charge in [-0.3, -0.25) is 0 Å². The Bertz CT molecular complexity index is 288. The van der Waals surface area contributed by atoms with Crippen LogP contribution in [0.2, 0.25) is 0 Å². The molecule has 0 aromatic carbocycles. The van der Waals surface area contributed by atoms with Gasteiger partial charge in [0.2, 0.25) is 0 Å². The molecule has 0 aliphatic rings. The molecule has 1 rings (SSSR count). The van der Waals surface area contributed by atoms with Gasteiger partial charge in [0.15, 0.2) is 0 Å². The van der Waals surface area contributed by atoms with Crippen LogP contribution >= 0.6 is 11.3 Å². The second kappa shape index (κ2) is 4.32. The predicted molar refractivity (Wildman–Crippen MR) is 62.1 cm³/mol. The predicted octanol–water partition coefficient (Wildman–Crippen LogP) is 3.06. The molecule has 0 aliphatic carbocycles. The van der Waals surface area contributed by atoms with Crippen molar-refractivity contribution in [3.05, 3.63) is 16.3 Å². The largest absolute Gasteiger partial charge is 0.496 e. The Labute approximate surface area is 90.3 Å². The molecule has 0 aliphatic heterocycles. The van der Waals surface area contributed by atoms with Crippen molar-refractivity contribution in [3.8, 4) is 5.75 Å². The van der Waals surface area contributed by atoms with Crippen molar-refractivity contribution < 1.29 is 4.74 Å². The Morgan fingerprint density at radius 2 is 2.07 bits per heavy atom. The van der Waals surface area contributed by atoms with Gasteiger partial charge >= 0.3 is 0 Å². The minimum atomic E-state index is 0.227. The summed E-state index contributed by atoms with van der Waals surface area (Å²) in [6.45, 7) is 6.71. The summed E-state index contributed by atoms with van der Waals surface area (Å²) in [5.74, 6) is 0.953. The highest BCUT2D eigenvalue weighted by Crippen LogP contribution is 2.37. The molecule has 14 heavy (non-hydrogen) atoms. The van der Waals surface area contributed by atoms with Crippen molar-refractivity contribution in [3.63, 3.8) is 0 Å². The standard InChI is InChI=1S/C11H19NOS/c1-11(2,3)10(12-4)9-6-8(13-5)7-14-9/h6-7,10,12H,1-5H3. The van der Waals surface area contributed by atoms with Gasteiger partial charge in [-0.1, -0.05) is 20.8 Å². The van der Waals surface area contributed by atoms with Crippen LogP contribution in [-0.2, 0) is 0 Å². The third-order valence-corrected chi connectivity index (χ3v) is 3.25. The number of thiophene rings is 1. The van der Waals surface area contributed by atoms with Crippen LogP contribution in [-0.4, -0.2) is 14.2 Å². The maximum Gasteiger partial charge on any atom is 0.129 e. The summed E-state index contributed by atoms with van der Waals surface area (Å²) in [7, 11) is 3.71. The molecule has 1 atom stereocenters. The van der Waals surface area contributed by atoms with E-state index in [0.29, 0.717) is 6.04 Å². The van der Waals surface area contributed by atoms with E-state index in [4.69, 9.17) is 4.74 Å². The molecule has 1 heterocycles. The number of ether oxygens (including phenoxy) is 1. The number of hydrogen-bond acceptors (Lipinski definition) is 3. The van der Waals surface area contributed by atoms with E-state index in [0.717, 1.165) is 5.75 Å². The number of nitrogens with one attached hydrogen (secondary N) is 1. The zero-order valence-corrected chi connectivity index (χ0v) is 10.4. The van der Waals surface area contributed by atoms with Crippen molar-refractivity contribution in [1.82, 2.24) is 5.32 Å². The van der Waals surface area contributed by atoms with E-state index in [9.17, 15) is 0 Å². The number of rotatable bonds is 3. The average Bonchev–Trinajstić information content (AvgIpc) is 2.51. The molecule has 0 amide bonds. The van der Waals surface area contributed by atoms with Crippen LogP contribution in [0.15, 0.2) is 11.4 Å². The summed E-state index contributed by atoms with van der Waals surface area (Å²) in [5, 5.41) is 5.40. The van der Waals surface area contributed by atoms with Crippen LogP contribution in [0.1, 0.15) is 31.7 Å². The normalized spacial score (nSPS) is 14.1. The first-order chi connectivity index (χ1) is 6.49. The van der Waals surface area contributed by atoms with Gasteiger partial charge in [-0.2, -0.15) is 0 Å². The molecular weight excluding hydrogens is 194 g/mol. The van der Waals surface area contributed by atoms with Gasteiger partial charge in [-0.05, 0) is 18.5 Å². The Balaban J connectivity index is 2.90. The van der Waals surface area contributed by atoms with Crippen molar-refractivity contribution >= 4 is 11.3 Å². The molecule has 1 aromatic rings. The third kappa shape index (κ3) is 2.49. The summed E-state index contributed by atoms with van der Waals surface area (Å²) in [4.78, 5) is 1.33. The molecule has 2 nitrogen and oxygen atoms in total. The molecule has 0 fully saturated rings. The van der Waals surface area contributed by atoms with Crippen LogP contribution < -0.4 is 10.1 Å². The van der Waals surface area contributed by atoms with E-state index in [2.05, 4.69) is 32.2 Å². The Hall–Kier alpha value is -0.540. The fourth-order valence-electron chi connectivity index (χ4n) is 1.59. The Kier molecular flexibility index (Phi) is 3.56. The lowest BCUT2D eigenvalue weighted by atomic mass is 9.86. The highest BCUT2D eigenvalue weighted by Gasteiger charge is 2.25. The monoisotopic (exact) mass is 213 g/mol. The molecular formula is C11H19NOS. The van der Waals surface area contributed by atoms with Gasteiger partial charge in [0.1, 0.15) is 5.75 Å². The molecule has 3 heteroatoms. The minimum absolute atomic E-state index is 0.227. The summed E-state index contributed by atoms with van der Waals surface area (Å²) in [5.41, 5.74) is 0.227. The van der Waals surface area contributed by atoms with Crippen molar-refractivity contribution in [1.29, 1.82) is 0 Å². The van der Waals surface area contributed by atoms with Gasteiger partial charge in [-0.15, -0.1) is 11.3 Å². The van der Waals surface area contributed by atoms with E-state index < -0.39 is 0 Å². The van der Waals surface area contributed by atoms with Gasteiger partial charge in [0.25, 0.3) is 0 Å². The molecule has 1 unspecified atom stereocenters. The summed E-state index contributed by atoms with van der Waals surface area (Å²) < 4.78 is 5.18. The molecule has 0 radical (unpaired) electrons. The Morgan fingerprint density at radius 1 is 1.43 bits per heavy atom. The first-order valence-electron chi connectivity index (χ1n) is 4.78. The van der Waals surface area contributed by atoms with E-state index in [1.54, 1.807) is 18.4 Å². The maximum absolute atomic E-state index is 5.18. The fourth-order valence-corrected chi connectivity index (χ4v) is 2.80. The quantitative estimate of drug-likeness (QED) is 0.833. The van der Waals surface area contributed by atoms with Crippen LogP contribution in [0.3, 0.4) is 0 Å². The van der Waals surface area contributed by atoms with E-state index in [1.165, 1.54) is 4.88 Å². The zero-order valence-electron chi connectivity index (χ0n) is 9.55. The van der Waals surface area contributed by atoms with Crippen LogP contribution in [0.5, 0.6) is 5.75 Å². The number of hydrogen-bond donors (Lipinski definition) is 1. The van der Waals surface area contributed by atoms with Crippen LogP contribution in [0, 0.1) is 5.41 Å². The summed E-state index contributed by atoms with van der Waals surface area (Å²) >= 11 is 1.75. The van der Waals surface area contributed by atoms with Crippen LogP contribution in [0.25, 0.3) is 0 Å². The molecule has 0 spiro atoms. The van der Waals surface area contributed by atoms with Gasteiger partial charge in [-0.25, -0.2) is 0 Å². The molecule has 1 N–H and O–H groups in total. The fraction of sp³-hybridized carbons (Fsp3) is 0.636. The first kappa shape index (κ1) is 11.5.